The summed E-state index contributed by atoms with van der Waals surface area (Å²) in [5.41, 5.74) is 1.31. The molecule has 0 bridgehead atoms. The van der Waals surface area contributed by atoms with E-state index in [-0.39, 0.29) is 0 Å². The van der Waals surface area contributed by atoms with Crippen LogP contribution in [-0.2, 0) is 0 Å². The van der Waals surface area contributed by atoms with E-state index in [2.05, 4.69) is 49.6 Å². The zero-order valence-electron chi connectivity index (χ0n) is 7.16. The van der Waals surface area contributed by atoms with E-state index in [1.165, 1.54) is 10.6 Å². The molecule has 1 rings (SSSR count). The molecule has 0 saturated heterocycles. The Morgan fingerprint density at radius 3 is 2.18 bits per heavy atom. The van der Waals surface area contributed by atoms with Gasteiger partial charge < -0.3 is 4.90 Å². The fraction of sp³-hybridized carbons (Fsp3) is 0.333. The van der Waals surface area contributed by atoms with Crippen molar-refractivity contribution in [2.24, 2.45) is 0 Å². The molecule has 0 fully saturated rings. The fourth-order valence-corrected chi connectivity index (χ4v) is 1.81. The van der Waals surface area contributed by atoms with Crippen LogP contribution in [0.4, 0.5) is 0 Å². The predicted molar refractivity (Wildman–Crippen MR) is 52.5 cm³/mol. The van der Waals surface area contributed by atoms with Crippen LogP contribution in [0.5, 0.6) is 0 Å². The highest BCUT2D eigenvalue weighted by Gasteiger charge is 2.03. The van der Waals surface area contributed by atoms with Crippen LogP contribution in [0.2, 0.25) is 0 Å². The van der Waals surface area contributed by atoms with E-state index >= 15 is 0 Å². The summed E-state index contributed by atoms with van der Waals surface area (Å²) >= 11 is 1.78. The van der Waals surface area contributed by atoms with Gasteiger partial charge in [-0.15, -0.1) is 11.8 Å². The number of thioether (sulfide) groups is 1. The number of rotatable bonds is 2. The van der Waals surface area contributed by atoms with Gasteiger partial charge in [0.2, 0.25) is 0 Å². The van der Waals surface area contributed by atoms with Crippen molar-refractivity contribution in [1.29, 1.82) is 0 Å². The Bertz CT molecular complexity index is 210. The minimum absolute atomic E-state index is 1.31. The summed E-state index contributed by atoms with van der Waals surface area (Å²) in [7, 11) is 4.14. The molecule has 0 aliphatic heterocycles. The highest BCUT2D eigenvalue weighted by molar-refractivity contribution is 8.02. The second kappa shape index (κ2) is 3.67. The smallest absolute Gasteiger partial charge is 0.0773 e. The lowest BCUT2D eigenvalue weighted by Crippen LogP contribution is -2.09. The number of nitrogens with zero attached hydrogens (tertiary/aromatic N) is 1. The van der Waals surface area contributed by atoms with Crippen LogP contribution >= 0.6 is 11.8 Å². The van der Waals surface area contributed by atoms with Gasteiger partial charge in [0, 0.05) is 19.7 Å². The molecule has 0 atom stereocenters. The summed E-state index contributed by atoms with van der Waals surface area (Å²) in [4.78, 5) is 2.14. The van der Waals surface area contributed by atoms with Crippen LogP contribution in [-0.4, -0.2) is 25.3 Å². The van der Waals surface area contributed by atoms with Gasteiger partial charge in [-0.2, -0.15) is 0 Å². The van der Waals surface area contributed by atoms with Crippen molar-refractivity contribution in [1.82, 2.24) is 4.90 Å². The molecule has 2 heteroatoms. The summed E-state index contributed by atoms with van der Waals surface area (Å²) in [6.45, 7) is 0. The molecule has 1 aliphatic carbocycles. The van der Waals surface area contributed by atoms with Gasteiger partial charge in [0.05, 0.1) is 5.03 Å². The van der Waals surface area contributed by atoms with Gasteiger partial charge >= 0.3 is 0 Å². The lowest BCUT2D eigenvalue weighted by molar-refractivity contribution is 0.548. The third-order valence-corrected chi connectivity index (χ3v) is 2.50. The highest BCUT2D eigenvalue weighted by Crippen LogP contribution is 2.23. The van der Waals surface area contributed by atoms with Crippen LogP contribution in [0.1, 0.15) is 0 Å². The molecule has 0 amide bonds. The molecule has 0 saturated carbocycles. The Kier molecular flexibility index (Phi) is 2.83. The van der Waals surface area contributed by atoms with Crippen LogP contribution in [0.15, 0.2) is 34.9 Å². The first-order valence-corrected chi connectivity index (χ1v) is 4.78. The Balaban J connectivity index is 2.89. The molecule has 0 radical (unpaired) electrons. The Morgan fingerprint density at radius 2 is 1.82 bits per heavy atom. The molecule has 0 N–H and O–H groups in total. The maximum Gasteiger partial charge on any atom is 0.0773 e. The largest absolute Gasteiger partial charge is 0.372 e. The SMILES string of the molecule is CSC(=C1C=CC=C1)N(C)C. The minimum atomic E-state index is 1.31. The molecular weight excluding hydrogens is 154 g/mol. The standard InChI is InChI=1S/C9H13NS/c1-10(2)9(11-3)8-6-4-5-7-8/h4-7H,1-3H3. The molecular formula is C9H13NS. The number of hydrogen-bond acceptors (Lipinski definition) is 2. The maximum atomic E-state index is 2.14. The van der Waals surface area contributed by atoms with E-state index in [9.17, 15) is 0 Å². The first-order valence-electron chi connectivity index (χ1n) is 3.56. The van der Waals surface area contributed by atoms with Crippen molar-refractivity contribution in [3.05, 3.63) is 34.9 Å². The second-order valence-electron chi connectivity index (χ2n) is 2.58. The third kappa shape index (κ3) is 1.90. The summed E-state index contributed by atoms with van der Waals surface area (Å²) < 4.78 is 0. The molecule has 0 heterocycles. The lowest BCUT2D eigenvalue weighted by Gasteiger charge is -2.16. The number of hydrogen-bond donors (Lipinski definition) is 0. The highest BCUT2D eigenvalue weighted by atomic mass is 32.2. The number of allylic oxidation sites excluding steroid dienone is 5. The van der Waals surface area contributed by atoms with Crippen molar-refractivity contribution in [2.75, 3.05) is 20.4 Å². The van der Waals surface area contributed by atoms with Crippen LogP contribution in [0.3, 0.4) is 0 Å². The minimum Gasteiger partial charge on any atom is -0.372 e. The van der Waals surface area contributed by atoms with E-state index in [1.807, 2.05) is 0 Å². The summed E-state index contributed by atoms with van der Waals surface area (Å²) in [6.07, 6.45) is 10.5. The molecule has 0 spiro atoms. The van der Waals surface area contributed by atoms with Crippen molar-refractivity contribution in [3.63, 3.8) is 0 Å². The molecule has 0 aromatic heterocycles. The van der Waals surface area contributed by atoms with Crippen molar-refractivity contribution in [3.8, 4) is 0 Å². The molecule has 60 valence electrons. The Morgan fingerprint density at radius 1 is 1.27 bits per heavy atom. The van der Waals surface area contributed by atoms with Gasteiger partial charge in [-0.3, -0.25) is 0 Å². The van der Waals surface area contributed by atoms with Crippen LogP contribution in [0, 0.1) is 0 Å². The van der Waals surface area contributed by atoms with E-state index in [1.54, 1.807) is 11.8 Å². The van der Waals surface area contributed by atoms with Gasteiger partial charge in [0.1, 0.15) is 0 Å². The molecule has 0 aromatic carbocycles. The topological polar surface area (TPSA) is 3.24 Å². The summed E-state index contributed by atoms with van der Waals surface area (Å²) in [5.74, 6) is 0. The first-order chi connectivity index (χ1) is 5.25. The Hall–Kier alpha value is -0.630. The van der Waals surface area contributed by atoms with Crippen molar-refractivity contribution in [2.45, 2.75) is 0 Å². The predicted octanol–water partition coefficient (Wildman–Crippen LogP) is 2.25. The molecule has 0 unspecified atom stereocenters. The van der Waals surface area contributed by atoms with Crippen LogP contribution in [0.25, 0.3) is 0 Å². The zero-order valence-corrected chi connectivity index (χ0v) is 7.98. The molecule has 1 nitrogen and oxygen atoms in total. The fourth-order valence-electron chi connectivity index (χ4n) is 1.08. The summed E-state index contributed by atoms with van der Waals surface area (Å²) in [6, 6.07) is 0. The Labute approximate surface area is 72.5 Å². The van der Waals surface area contributed by atoms with Gasteiger partial charge in [-0.1, -0.05) is 24.3 Å². The third-order valence-electron chi connectivity index (χ3n) is 1.51. The van der Waals surface area contributed by atoms with Gasteiger partial charge in [0.25, 0.3) is 0 Å². The van der Waals surface area contributed by atoms with Crippen molar-refractivity contribution < 1.29 is 0 Å². The van der Waals surface area contributed by atoms with E-state index in [0.717, 1.165) is 0 Å². The van der Waals surface area contributed by atoms with Gasteiger partial charge in [-0.05, 0) is 6.26 Å². The summed E-state index contributed by atoms with van der Waals surface area (Å²) in [5, 5.41) is 1.31. The van der Waals surface area contributed by atoms with Gasteiger partial charge in [-0.25, -0.2) is 0 Å². The quantitative estimate of drug-likeness (QED) is 0.620. The van der Waals surface area contributed by atoms with Crippen LogP contribution < -0.4 is 0 Å². The lowest BCUT2D eigenvalue weighted by atomic mass is 10.3. The average Bonchev–Trinajstić information content (AvgIpc) is 2.40. The van der Waals surface area contributed by atoms with Crippen molar-refractivity contribution >= 4 is 11.8 Å². The normalized spacial score (nSPS) is 14.3. The molecule has 11 heavy (non-hydrogen) atoms. The zero-order chi connectivity index (χ0) is 8.27. The molecule has 0 aromatic rings. The monoisotopic (exact) mass is 167 g/mol. The van der Waals surface area contributed by atoms with E-state index in [0.29, 0.717) is 0 Å². The maximum absolute atomic E-state index is 2.14. The van der Waals surface area contributed by atoms with E-state index < -0.39 is 0 Å². The van der Waals surface area contributed by atoms with Gasteiger partial charge in [0.15, 0.2) is 0 Å². The van der Waals surface area contributed by atoms with E-state index in [4.69, 9.17) is 0 Å². The average molecular weight is 167 g/mol. The molecule has 1 aliphatic rings. The first kappa shape index (κ1) is 8.47. The second-order valence-corrected chi connectivity index (χ2v) is 3.37.